The molecular formula is C22H22F3N3O3. The lowest BCUT2D eigenvalue weighted by Gasteiger charge is -2.29. The number of furan rings is 1. The summed E-state index contributed by atoms with van der Waals surface area (Å²) in [6.07, 6.45) is -0.366. The molecule has 31 heavy (non-hydrogen) atoms. The zero-order valence-electron chi connectivity index (χ0n) is 16.8. The van der Waals surface area contributed by atoms with Crippen LogP contribution in [0.25, 0.3) is 22.8 Å². The maximum absolute atomic E-state index is 13.0. The number of nitrogens with two attached hydrogens (primary N) is 1. The molecule has 2 heterocycles. The Morgan fingerprint density at radius 1 is 1.16 bits per heavy atom. The van der Waals surface area contributed by atoms with E-state index in [2.05, 4.69) is 17.4 Å². The molecule has 4 rings (SSSR count). The number of carbonyl (C=O) groups excluding carboxylic acids is 1. The molecular weight excluding hydrogens is 411 g/mol. The highest BCUT2D eigenvalue weighted by Crippen LogP contribution is 2.35. The Balaban J connectivity index is 1.61. The fraction of sp³-hybridized carbons (Fsp3) is 0.364. The summed E-state index contributed by atoms with van der Waals surface area (Å²) >= 11 is 0. The van der Waals surface area contributed by atoms with Crippen molar-refractivity contribution < 1.29 is 26.9 Å². The Bertz CT molecular complexity index is 1090. The van der Waals surface area contributed by atoms with Gasteiger partial charge in [-0.05, 0) is 43.0 Å². The van der Waals surface area contributed by atoms with E-state index < -0.39 is 17.6 Å². The third kappa shape index (κ3) is 4.30. The van der Waals surface area contributed by atoms with Gasteiger partial charge in [0.25, 0.3) is 5.91 Å². The topological polar surface area (TPSA) is 94.3 Å². The van der Waals surface area contributed by atoms with E-state index >= 15 is 0 Å². The number of amides is 1. The maximum atomic E-state index is 13.0. The molecule has 2 atom stereocenters. The number of rotatable bonds is 4. The summed E-state index contributed by atoms with van der Waals surface area (Å²) < 4.78 is 49.8. The molecule has 1 aliphatic rings. The number of aromatic nitrogens is 1. The molecule has 0 saturated heterocycles. The van der Waals surface area contributed by atoms with Crippen LogP contribution in [-0.4, -0.2) is 17.1 Å². The Morgan fingerprint density at radius 2 is 1.90 bits per heavy atom. The molecule has 6 nitrogen and oxygen atoms in total. The minimum absolute atomic E-state index is 0.0284. The van der Waals surface area contributed by atoms with E-state index in [0.717, 1.165) is 37.8 Å². The third-order valence-electron chi connectivity index (χ3n) is 5.69. The lowest BCUT2D eigenvalue weighted by atomic mass is 9.86. The summed E-state index contributed by atoms with van der Waals surface area (Å²) in [5.41, 5.74) is 5.48. The Kier molecular flexibility index (Phi) is 5.51. The highest BCUT2D eigenvalue weighted by Gasteiger charge is 2.31. The van der Waals surface area contributed by atoms with Gasteiger partial charge in [0.15, 0.2) is 11.5 Å². The standard InChI is InChI=1S/C22H22F3N3O3/c1-12-5-2-3-8-15(12)27-21(29)18-19(28-31-20(18)26)17-10-9-16(30-17)13-6-4-7-14(11-13)22(23,24)25/h4,6-7,9-12,15H,2-3,5,8,26H2,1H3,(H,27,29). The van der Waals surface area contributed by atoms with Gasteiger partial charge in [-0.15, -0.1) is 0 Å². The third-order valence-corrected chi connectivity index (χ3v) is 5.69. The van der Waals surface area contributed by atoms with E-state index in [0.29, 0.717) is 5.92 Å². The number of hydrogen-bond donors (Lipinski definition) is 2. The minimum atomic E-state index is -4.46. The highest BCUT2D eigenvalue weighted by molar-refractivity contribution is 6.03. The minimum Gasteiger partial charge on any atom is -0.454 e. The first-order valence-electron chi connectivity index (χ1n) is 10.1. The van der Waals surface area contributed by atoms with Gasteiger partial charge in [0.2, 0.25) is 5.88 Å². The van der Waals surface area contributed by atoms with Crippen LogP contribution in [0.3, 0.4) is 0 Å². The Labute approximate surface area is 176 Å². The van der Waals surface area contributed by atoms with Crippen molar-refractivity contribution >= 4 is 11.8 Å². The van der Waals surface area contributed by atoms with Crippen LogP contribution >= 0.6 is 0 Å². The Hall–Kier alpha value is -3.23. The number of alkyl halides is 3. The van der Waals surface area contributed by atoms with Crippen LogP contribution in [0.15, 0.2) is 45.3 Å². The molecule has 0 bridgehead atoms. The van der Waals surface area contributed by atoms with Crippen molar-refractivity contribution in [3.05, 3.63) is 47.5 Å². The van der Waals surface area contributed by atoms with Gasteiger partial charge in [0.05, 0.1) is 5.56 Å². The first-order chi connectivity index (χ1) is 14.7. The van der Waals surface area contributed by atoms with Crippen LogP contribution in [0.1, 0.15) is 48.5 Å². The number of nitrogens with zero attached hydrogens (tertiary/aromatic N) is 1. The van der Waals surface area contributed by atoms with Gasteiger partial charge in [-0.25, -0.2) is 0 Å². The predicted molar refractivity (Wildman–Crippen MR) is 108 cm³/mol. The second-order valence-corrected chi connectivity index (χ2v) is 7.85. The molecule has 1 aliphatic carbocycles. The SMILES string of the molecule is CC1CCCCC1NC(=O)c1c(-c2ccc(-c3cccc(C(F)(F)F)c3)o2)noc1N. The maximum Gasteiger partial charge on any atom is 0.416 e. The van der Waals surface area contributed by atoms with Gasteiger partial charge < -0.3 is 20.0 Å². The van der Waals surface area contributed by atoms with Gasteiger partial charge in [0, 0.05) is 11.6 Å². The van der Waals surface area contributed by atoms with Crippen molar-refractivity contribution in [2.24, 2.45) is 5.92 Å². The number of nitrogens with one attached hydrogen (secondary N) is 1. The van der Waals surface area contributed by atoms with Gasteiger partial charge in [0.1, 0.15) is 11.3 Å². The van der Waals surface area contributed by atoms with E-state index in [1.807, 2.05) is 0 Å². The van der Waals surface area contributed by atoms with E-state index in [4.69, 9.17) is 14.7 Å². The fourth-order valence-corrected chi connectivity index (χ4v) is 3.93. The molecule has 0 aliphatic heterocycles. The van der Waals surface area contributed by atoms with Crippen molar-refractivity contribution in [3.8, 4) is 22.8 Å². The molecule has 0 radical (unpaired) electrons. The molecule has 3 aromatic rings. The van der Waals surface area contributed by atoms with Gasteiger partial charge in [-0.3, -0.25) is 4.79 Å². The largest absolute Gasteiger partial charge is 0.454 e. The van der Waals surface area contributed by atoms with Crippen LogP contribution < -0.4 is 11.1 Å². The van der Waals surface area contributed by atoms with Gasteiger partial charge in [-0.1, -0.05) is 37.1 Å². The molecule has 1 aromatic carbocycles. The van der Waals surface area contributed by atoms with Crippen LogP contribution in [-0.2, 0) is 6.18 Å². The van der Waals surface area contributed by atoms with Crippen molar-refractivity contribution in [3.63, 3.8) is 0 Å². The van der Waals surface area contributed by atoms with Gasteiger partial charge in [-0.2, -0.15) is 13.2 Å². The molecule has 0 spiro atoms. The lowest BCUT2D eigenvalue weighted by molar-refractivity contribution is -0.137. The van der Waals surface area contributed by atoms with Crippen LogP contribution in [0.2, 0.25) is 0 Å². The summed E-state index contributed by atoms with van der Waals surface area (Å²) in [5, 5.41) is 6.85. The second kappa shape index (κ2) is 8.13. The van der Waals surface area contributed by atoms with Crippen molar-refractivity contribution in [1.29, 1.82) is 0 Å². The number of halogens is 3. The summed E-state index contributed by atoms with van der Waals surface area (Å²) in [6.45, 7) is 2.09. The average molecular weight is 433 g/mol. The molecule has 3 N–H and O–H groups in total. The molecule has 1 saturated carbocycles. The molecule has 164 valence electrons. The van der Waals surface area contributed by atoms with Crippen LogP contribution in [0, 0.1) is 5.92 Å². The van der Waals surface area contributed by atoms with Crippen LogP contribution in [0.5, 0.6) is 0 Å². The number of carbonyl (C=O) groups is 1. The molecule has 9 heteroatoms. The fourth-order valence-electron chi connectivity index (χ4n) is 3.93. The predicted octanol–water partition coefficient (Wildman–Crippen LogP) is 5.51. The summed E-state index contributed by atoms with van der Waals surface area (Å²) in [5.74, 6) is 0.167. The molecule has 2 unspecified atom stereocenters. The number of benzene rings is 1. The van der Waals surface area contributed by atoms with E-state index in [9.17, 15) is 18.0 Å². The van der Waals surface area contributed by atoms with Gasteiger partial charge >= 0.3 is 6.18 Å². The zero-order chi connectivity index (χ0) is 22.2. The van der Waals surface area contributed by atoms with E-state index in [1.165, 1.54) is 24.3 Å². The van der Waals surface area contributed by atoms with E-state index in [1.54, 1.807) is 0 Å². The molecule has 1 fully saturated rings. The Morgan fingerprint density at radius 3 is 2.65 bits per heavy atom. The van der Waals surface area contributed by atoms with Crippen molar-refractivity contribution in [1.82, 2.24) is 10.5 Å². The molecule has 2 aromatic heterocycles. The lowest BCUT2D eigenvalue weighted by Crippen LogP contribution is -2.41. The number of anilines is 1. The zero-order valence-corrected chi connectivity index (χ0v) is 16.8. The average Bonchev–Trinajstić information content (AvgIpc) is 3.36. The first kappa shape index (κ1) is 21.0. The smallest absolute Gasteiger partial charge is 0.416 e. The quantitative estimate of drug-likeness (QED) is 0.566. The summed E-state index contributed by atoms with van der Waals surface area (Å²) in [6, 6.07) is 7.86. The first-order valence-corrected chi connectivity index (χ1v) is 10.1. The van der Waals surface area contributed by atoms with Crippen molar-refractivity contribution in [2.45, 2.75) is 44.8 Å². The summed E-state index contributed by atoms with van der Waals surface area (Å²) in [7, 11) is 0. The molecule has 1 amide bonds. The number of hydrogen-bond acceptors (Lipinski definition) is 5. The van der Waals surface area contributed by atoms with Crippen LogP contribution in [0.4, 0.5) is 19.1 Å². The monoisotopic (exact) mass is 433 g/mol. The van der Waals surface area contributed by atoms with Crippen molar-refractivity contribution in [2.75, 3.05) is 5.73 Å². The second-order valence-electron chi connectivity index (χ2n) is 7.85. The highest BCUT2D eigenvalue weighted by atomic mass is 19.4. The summed E-state index contributed by atoms with van der Waals surface area (Å²) in [4.78, 5) is 12.9. The van der Waals surface area contributed by atoms with E-state index in [-0.39, 0.29) is 40.3 Å². The number of nitrogen functional groups attached to an aromatic ring is 1. The normalized spacial score (nSPS) is 19.4.